The summed E-state index contributed by atoms with van der Waals surface area (Å²) < 4.78 is 78.8. The molecule has 2 heterocycles. The highest BCUT2D eigenvalue weighted by molar-refractivity contribution is 6.07. The van der Waals surface area contributed by atoms with Gasteiger partial charge in [0.1, 0.15) is 0 Å². The van der Waals surface area contributed by atoms with Crippen LogP contribution < -0.4 is 9.80 Å². The van der Waals surface area contributed by atoms with Crippen LogP contribution in [0, 0.1) is 0 Å². The summed E-state index contributed by atoms with van der Waals surface area (Å²) in [6.45, 7) is 2.42. The van der Waals surface area contributed by atoms with E-state index in [9.17, 15) is 35.9 Å². The molecule has 0 aliphatic carbocycles. The van der Waals surface area contributed by atoms with Crippen molar-refractivity contribution in [3.05, 3.63) is 95.1 Å². The predicted molar refractivity (Wildman–Crippen MR) is 146 cm³/mol. The van der Waals surface area contributed by atoms with Crippen LogP contribution in [-0.4, -0.2) is 74.0 Å². The van der Waals surface area contributed by atoms with E-state index in [2.05, 4.69) is 0 Å². The molecule has 3 aromatic carbocycles. The largest absolute Gasteiger partial charge is 0.416 e. The van der Waals surface area contributed by atoms with E-state index in [-0.39, 0.29) is 49.1 Å². The highest BCUT2D eigenvalue weighted by Gasteiger charge is 2.33. The number of carbonyl (C=O) groups excluding carboxylic acids is 2. The minimum absolute atomic E-state index is 0.232. The number of benzene rings is 3. The van der Waals surface area contributed by atoms with E-state index < -0.39 is 23.5 Å². The van der Waals surface area contributed by atoms with Crippen molar-refractivity contribution in [1.82, 2.24) is 9.80 Å². The molecule has 3 aromatic rings. The molecular weight excluding hydrogens is 562 g/mol. The fourth-order valence-electron chi connectivity index (χ4n) is 5.29. The first kappa shape index (κ1) is 29.3. The Labute approximate surface area is 238 Å². The summed E-state index contributed by atoms with van der Waals surface area (Å²) in [7, 11) is 0. The molecule has 5 rings (SSSR count). The van der Waals surface area contributed by atoms with Crippen LogP contribution in [0.15, 0.2) is 72.8 Å². The zero-order chi connectivity index (χ0) is 30.1. The minimum Gasteiger partial charge on any atom is -0.368 e. The Morgan fingerprint density at radius 3 is 1.19 bits per heavy atom. The van der Waals surface area contributed by atoms with Crippen LogP contribution in [0.5, 0.6) is 0 Å². The van der Waals surface area contributed by atoms with Crippen molar-refractivity contribution >= 4 is 23.2 Å². The Kier molecular flexibility index (Phi) is 8.07. The van der Waals surface area contributed by atoms with Crippen LogP contribution in [-0.2, 0) is 12.4 Å². The Bertz CT molecular complexity index is 1330. The number of piperazine rings is 2. The van der Waals surface area contributed by atoms with Gasteiger partial charge in [-0.25, -0.2) is 0 Å². The molecule has 0 spiro atoms. The van der Waals surface area contributed by atoms with Crippen molar-refractivity contribution in [1.29, 1.82) is 0 Å². The molecule has 2 saturated heterocycles. The van der Waals surface area contributed by atoms with Crippen LogP contribution in [0.1, 0.15) is 31.8 Å². The van der Waals surface area contributed by atoms with Gasteiger partial charge in [0.25, 0.3) is 11.8 Å². The van der Waals surface area contributed by atoms with E-state index in [0.29, 0.717) is 37.6 Å². The summed E-state index contributed by atoms with van der Waals surface area (Å²) in [6, 6.07) is 16.6. The van der Waals surface area contributed by atoms with Crippen LogP contribution in [0.25, 0.3) is 0 Å². The first-order chi connectivity index (χ1) is 19.9. The van der Waals surface area contributed by atoms with Crippen LogP contribution in [0.3, 0.4) is 0 Å². The third-order valence-corrected chi connectivity index (χ3v) is 7.60. The molecule has 222 valence electrons. The van der Waals surface area contributed by atoms with Gasteiger partial charge < -0.3 is 19.6 Å². The van der Waals surface area contributed by atoms with Gasteiger partial charge in [-0.3, -0.25) is 9.59 Å². The first-order valence-electron chi connectivity index (χ1n) is 13.4. The molecular formula is C30H28F6N4O2. The number of amides is 2. The summed E-state index contributed by atoms with van der Waals surface area (Å²) in [5.74, 6) is -0.685. The third-order valence-electron chi connectivity index (χ3n) is 7.60. The Hall–Kier alpha value is -4.22. The van der Waals surface area contributed by atoms with Gasteiger partial charge in [-0.05, 0) is 48.5 Å². The standard InChI is InChI=1S/C30H28F6N4O2/c31-29(32,33)21-5-3-7-23(19-21)37-11-15-39(16-12-37)27(41)25-9-1-2-10-26(25)28(42)40-17-13-38(14-18-40)24-8-4-6-22(20-24)30(34,35)36/h1-10,19-20H,11-18H2. The maximum Gasteiger partial charge on any atom is 0.416 e. The SMILES string of the molecule is O=C(c1ccccc1C(=O)N1CCN(c2cccc(C(F)(F)F)c2)CC1)N1CCN(c2cccc(C(F)(F)F)c2)CC1. The van der Waals surface area contributed by atoms with Gasteiger partial charge in [0, 0.05) is 63.7 Å². The van der Waals surface area contributed by atoms with E-state index in [0.717, 1.165) is 24.3 Å². The fraction of sp³-hybridized carbons (Fsp3) is 0.333. The van der Waals surface area contributed by atoms with Crippen LogP contribution in [0.2, 0.25) is 0 Å². The Morgan fingerprint density at radius 2 is 0.857 bits per heavy atom. The molecule has 2 aliphatic rings. The van der Waals surface area contributed by atoms with Gasteiger partial charge in [-0.2, -0.15) is 26.3 Å². The lowest BCUT2D eigenvalue weighted by atomic mass is 10.0. The molecule has 0 bridgehead atoms. The third kappa shape index (κ3) is 6.32. The van der Waals surface area contributed by atoms with Gasteiger partial charge in [0.05, 0.1) is 22.3 Å². The zero-order valence-electron chi connectivity index (χ0n) is 22.5. The molecule has 0 unspecified atom stereocenters. The minimum atomic E-state index is -4.45. The molecule has 2 amide bonds. The van der Waals surface area contributed by atoms with Crippen molar-refractivity contribution in [3.63, 3.8) is 0 Å². The van der Waals surface area contributed by atoms with Crippen molar-refractivity contribution < 1.29 is 35.9 Å². The second kappa shape index (κ2) is 11.6. The number of hydrogen-bond donors (Lipinski definition) is 0. The molecule has 0 N–H and O–H groups in total. The number of halogens is 6. The van der Waals surface area contributed by atoms with Gasteiger partial charge >= 0.3 is 12.4 Å². The summed E-state index contributed by atoms with van der Waals surface area (Å²) in [5.41, 5.74) is -0.151. The molecule has 2 aliphatic heterocycles. The fourth-order valence-corrected chi connectivity index (χ4v) is 5.29. The van der Waals surface area contributed by atoms with E-state index in [1.165, 1.54) is 12.1 Å². The molecule has 2 fully saturated rings. The predicted octanol–water partition coefficient (Wildman–Crippen LogP) is 5.65. The van der Waals surface area contributed by atoms with Crippen LogP contribution >= 0.6 is 0 Å². The van der Waals surface area contributed by atoms with Crippen molar-refractivity contribution in [2.24, 2.45) is 0 Å². The molecule has 0 saturated carbocycles. The lowest BCUT2D eigenvalue weighted by Crippen LogP contribution is -2.50. The summed E-state index contributed by atoms with van der Waals surface area (Å²) in [6.07, 6.45) is -8.90. The summed E-state index contributed by atoms with van der Waals surface area (Å²) in [4.78, 5) is 33.7. The smallest absolute Gasteiger partial charge is 0.368 e. The number of anilines is 2. The highest BCUT2D eigenvalue weighted by Crippen LogP contribution is 2.33. The Morgan fingerprint density at radius 1 is 0.500 bits per heavy atom. The normalized spacial score (nSPS) is 16.5. The lowest BCUT2D eigenvalue weighted by Gasteiger charge is -2.37. The molecule has 0 radical (unpaired) electrons. The maximum atomic E-state index is 13.5. The first-order valence-corrected chi connectivity index (χ1v) is 13.4. The van der Waals surface area contributed by atoms with E-state index in [1.807, 2.05) is 0 Å². The van der Waals surface area contributed by atoms with E-state index in [1.54, 1.807) is 56.0 Å². The number of alkyl halides is 6. The van der Waals surface area contributed by atoms with Gasteiger partial charge in [-0.15, -0.1) is 0 Å². The zero-order valence-corrected chi connectivity index (χ0v) is 22.5. The average Bonchev–Trinajstić information content (AvgIpc) is 3.00. The van der Waals surface area contributed by atoms with Crippen molar-refractivity contribution in [2.45, 2.75) is 12.4 Å². The van der Waals surface area contributed by atoms with Gasteiger partial charge in [-0.1, -0.05) is 24.3 Å². The summed E-state index contributed by atoms with van der Waals surface area (Å²) >= 11 is 0. The quantitative estimate of drug-likeness (QED) is 0.369. The average molecular weight is 591 g/mol. The Balaban J connectivity index is 1.22. The molecule has 0 aromatic heterocycles. The number of rotatable bonds is 4. The number of nitrogens with zero attached hydrogens (tertiary/aromatic N) is 4. The maximum absolute atomic E-state index is 13.5. The highest BCUT2D eigenvalue weighted by atomic mass is 19.4. The van der Waals surface area contributed by atoms with Crippen molar-refractivity contribution in [3.8, 4) is 0 Å². The summed E-state index contributed by atoms with van der Waals surface area (Å²) in [5, 5.41) is 0. The number of hydrogen-bond acceptors (Lipinski definition) is 4. The second-order valence-corrected chi connectivity index (χ2v) is 10.2. The van der Waals surface area contributed by atoms with Crippen molar-refractivity contribution in [2.75, 3.05) is 62.2 Å². The monoisotopic (exact) mass is 590 g/mol. The molecule has 0 atom stereocenters. The number of carbonyl (C=O) groups is 2. The molecule has 12 heteroatoms. The lowest BCUT2D eigenvalue weighted by molar-refractivity contribution is -0.138. The molecule has 6 nitrogen and oxygen atoms in total. The van der Waals surface area contributed by atoms with Gasteiger partial charge in [0.15, 0.2) is 0 Å². The van der Waals surface area contributed by atoms with E-state index in [4.69, 9.17) is 0 Å². The van der Waals surface area contributed by atoms with Crippen LogP contribution in [0.4, 0.5) is 37.7 Å². The van der Waals surface area contributed by atoms with E-state index >= 15 is 0 Å². The molecule has 42 heavy (non-hydrogen) atoms. The second-order valence-electron chi connectivity index (χ2n) is 10.2. The van der Waals surface area contributed by atoms with Gasteiger partial charge in [0.2, 0.25) is 0 Å². The topological polar surface area (TPSA) is 47.1 Å².